The molecule has 6 nitrogen and oxygen atoms in total. The minimum atomic E-state index is -3.55. The van der Waals surface area contributed by atoms with Crippen LogP contribution in [0.1, 0.15) is 25.3 Å². The molecule has 2 heterocycles. The van der Waals surface area contributed by atoms with Gasteiger partial charge >= 0.3 is 0 Å². The highest BCUT2D eigenvalue weighted by molar-refractivity contribution is 7.90. The quantitative estimate of drug-likeness (QED) is 0.246. The summed E-state index contributed by atoms with van der Waals surface area (Å²) in [6.45, 7) is 3.25. The molecule has 1 aliphatic heterocycles. The maximum absolute atomic E-state index is 13.2. The molecule has 1 saturated heterocycles. The molecule has 0 bridgehead atoms. The van der Waals surface area contributed by atoms with Crippen molar-refractivity contribution in [3.63, 3.8) is 0 Å². The first-order valence-corrected chi connectivity index (χ1v) is 16.6. The number of halogens is 1. The fraction of sp³-hybridized carbons (Fsp3) is 0.250. The third-order valence-corrected chi connectivity index (χ3v) is 11.5. The molecule has 0 radical (unpaired) electrons. The highest BCUT2D eigenvalue weighted by atomic mass is 35.5. The van der Waals surface area contributed by atoms with E-state index in [1.165, 1.54) is 23.5 Å². The third-order valence-electron chi connectivity index (χ3n) is 6.74. The molecular weight excluding hydrogens is 560 g/mol. The van der Waals surface area contributed by atoms with E-state index in [-0.39, 0.29) is 15.5 Å². The van der Waals surface area contributed by atoms with Gasteiger partial charge in [0.05, 0.1) is 21.2 Å². The van der Waals surface area contributed by atoms with Crippen LogP contribution in [-0.2, 0) is 25.6 Å². The van der Waals surface area contributed by atoms with Crippen LogP contribution in [0.25, 0.3) is 21.8 Å². The van der Waals surface area contributed by atoms with E-state index in [0.29, 0.717) is 35.3 Å². The molecule has 198 valence electrons. The second-order valence-corrected chi connectivity index (χ2v) is 14.8. The molecule has 0 spiro atoms. The third kappa shape index (κ3) is 5.87. The Kier molecular flexibility index (Phi) is 7.75. The van der Waals surface area contributed by atoms with Crippen LogP contribution in [0.15, 0.2) is 88.0 Å². The lowest BCUT2D eigenvalue weighted by Crippen LogP contribution is -2.37. The van der Waals surface area contributed by atoms with Crippen LogP contribution in [0.2, 0.25) is 5.02 Å². The zero-order valence-corrected chi connectivity index (χ0v) is 24.0. The summed E-state index contributed by atoms with van der Waals surface area (Å²) in [5, 5.41) is 3.16. The zero-order valence-electron chi connectivity index (χ0n) is 20.7. The largest absolute Gasteiger partial charge is 0.243 e. The van der Waals surface area contributed by atoms with Gasteiger partial charge in [0.1, 0.15) is 5.01 Å². The van der Waals surface area contributed by atoms with E-state index in [9.17, 15) is 16.8 Å². The molecule has 1 aromatic heterocycles. The van der Waals surface area contributed by atoms with Crippen molar-refractivity contribution < 1.29 is 16.8 Å². The monoisotopic (exact) mass is 586 g/mol. The molecular formula is C28H27ClN2O4S3. The fourth-order valence-corrected chi connectivity index (χ4v) is 8.24. The second-order valence-electron chi connectivity index (χ2n) is 9.56. The van der Waals surface area contributed by atoms with Crippen molar-refractivity contribution in [3.05, 3.63) is 88.8 Å². The molecule has 1 aliphatic rings. The van der Waals surface area contributed by atoms with Gasteiger partial charge in [0, 0.05) is 34.6 Å². The van der Waals surface area contributed by atoms with E-state index in [1.54, 1.807) is 46.8 Å². The molecule has 10 heteroatoms. The minimum absolute atomic E-state index is 0.116. The van der Waals surface area contributed by atoms with Crippen LogP contribution in [0, 0.1) is 5.92 Å². The summed E-state index contributed by atoms with van der Waals surface area (Å²) in [6.07, 6.45) is 1.75. The summed E-state index contributed by atoms with van der Waals surface area (Å²) >= 11 is 7.33. The summed E-state index contributed by atoms with van der Waals surface area (Å²) in [4.78, 5) is 5.25. The number of hydrogen-bond acceptors (Lipinski definition) is 6. The average Bonchev–Trinajstić information content (AvgIpc) is 3.40. The topological polar surface area (TPSA) is 84.4 Å². The Morgan fingerprint density at radius 3 is 2.26 bits per heavy atom. The Bertz CT molecular complexity index is 1640. The standard InChI is InChI=1S/C28H27ClN2O4S3/c1-20-13-15-31(16-14-20)38(34,35)26-4-2-3-23(17-26)27-18-36-28(30-27)22-7-5-21(6-8-22)19-37(32,33)25-11-9-24(29)10-12-25/h2-12,17-18,20H,13-16,19H2,1H3. The number of piperidine rings is 1. The average molecular weight is 587 g/mol. The summed E-state index contributed by atoms with van der Waals surface area (Å²) < 4.78 is 53.5. The van der Waals surface area contributed by atoms with Gasteiger partial charge in [0.25, 0.3) is 0 Å². The van der Waals surface area contributed by atoms with Gasteiger partial charge in [0.2, 0.25) is 10.0 Å². The number of sulfone groups is 1. The van der Waals surface area contributed by atoms with Gasteiger partial charge in [-0.05, 0) is 60.7 Å². The van der Waals surface area contributed by atoms with Crippen molar-refractivity contribution in [2.24, 2.45) is 5.92 Å². The first kappa shape index (κ1) is 27.0. The van der Waals surface area contributed by atoms with Crippen molar-refractivity contribution in [1.29, 1.82) is 0 Å². The number of sulfonamides is 1. The Labute approximate surface area is 232 Å². The summed E-state index contributed by atoms with van der Waals surface area (Å²) in [7, 11) is -7.04. The molecule has 1 fully saturated rings. The highest BCUT2D eigenvalue weighted by Gasteiger charge is 2.28. The van der Waals surface area contributed by atoms with Gasteiger partial charge in [-0.2, -0.15) is 4.31 Å². The van der Waals surface area contributed by atoms with Gasteiger partial charge in [-0.3, -0.25) is 0 Å². The lowest BCUT2D eigenvalue weighted by Gasteiger charge is -2.29. The van der Waals surface area contributed by atoms with Crippen LogP contribution < -0.4 is 0 Å². The van der Waals surface area contributed by atoms with E-state index in [4.69, 9.17) is 16.6 Å². The van der Waals surface area contributed by atoms with Crippen molar-refractivity contribution in [2.75, 3.05) is 13.1 Å². The van der Waals surface area contributed by atoms with Gasteiger partial charge in [-0.1, -0.05) is 54.9 Å². The zero-order chi connectivity index (χ0) is 26.9. The van der Waals surface area contributed by atoms with Crippen molar-refractivity contribution >= 4 is 42.8 Å². The van der Waals surface area contributed by atoms with Gasteiger partial charge in [-0.15, -0.1) is 11.3 Å². The maximum Gasteiger partial charge on any atom is 0.243 e. The molecule has 0 atom stereocenters. The lowest BCUT2D eigenvalue weighted by atomic mass is 10.0. The predicted molar refractivity (Wildman–Crippen MR) is 152 cm³/mol. The van der Waals surface area contributed by atoms with E-state index >= 15 is 0 Å². The summed E-state index contributed by atoms with van der Waals surface area (Å²) in [6, 6.07) is 20.4. The van der Waals surface area contributed by atoms with Crippen molar-refractivity contribution in [2.45, 2.75) is 35.3 Å². The molecule has 0 saturated carbocycles. The lowest BCUT2D eigenvalue weighted by molar-refractivity contribution is 0.288. The van der Waals surface area contributed by atoms with Gasteiger partial charge in [-0.25, -0.2) is 21.8 Å². The Morgan fingerprint density at radius 2 is 1.58 bits per heavy atom. The predicted octanol–water partition coefficient (Wildman–Crippen LogP) is 6.53. The molecule has 0 unspecified atom stereocenters. The number of hydrogen-bond donors (Lipinski definition) is 0. The Balaban J connectivity index is 1.32. The Hall–Kier alpha value is -2.56. The van der Waals surface area contributed by atoms with Crippen LogP contribution >= 0.6 is 22.9 Å². The molecule has 4 aromatic rings. The number of rotatable bonds is 7. The van der Waals surface area contributed by atoms with Crippen LogP contribution in [0.3, 0.4) is 0 Å². The molecule has 5 rings (SSSR count). The van der Waals surface area contributed by atoms with Crippen molar-refractivity contribution in [1.82, 2.24) is 9.29 Å². The number of benzene rings is 3. The smallest absolute Gasteiger partial charge is 0.236 e. The van der Waals surface area contributed by atoms with Crippen LogP contribution in [-0.4, -0.2) is 39.2 Å². The maximum atomic E-state index is 13.2. The molecule has 3 aromatic carbocycles. The van der Waals surface area contributed by atoms with Crippen LogP contribution in [0.5, 0.6) is 0 Å². The van der Waals surface area contributed by atoms with Crippen molar-refractivity contribution in [3.8, 4) is 21.8 Å². The Morgan fingerprint density at radius 1 is 0.895 bits per heavy atom. The summed E-state index contributed by atoms with van der Waals surface area (Å²) in [5.41, 5.74) is 2.97. The number of thiazole rings is 1. The number of nitrogens with zero attached hydrogens (tertiary/aromatic N) is 2. The summed E-state index contributed by atoms with van der Waals surface area (Å²) in [5.74, 6) is 0.429. The molecule has 0 aliphatic carbocycles. The first-order valence-electron chi connectivity index (χ1n) is 12.3. The fourth-order valence-electron chi connectivity index (χ4n) is 4.42. The second kappa shape index (κ2) is 10.9. The SMILES string of the molecule is CC1CCN(S(=O)(=O)c2cccc(-c3csc(-c4ccc(CS(=O)(=O)c5ccc(Cl)cc5)cc4)n3)c2)CC1. The first-order chi connectivity index (χ1) is 18.1. The van der Waals surface area contributed by atoms with E-state index in [0.717, 1.165) is 29.0 Å². The number of aromatic nitrogens is 1. The van der Waals surface area contributed by atoms with Gasteiger partial charge in [0.15, 0.2) is 9.84 Å². The molecule has 38 heavy (non-hydrogen) atoms. The van der Waals surface area contributed by atoms with E-state index in [2.05, 4.69) is 6.92 Å². The molecule has 0 amide bonds. The minimum Gasteiger partial charge on any atom is -0.236 e. The highest BCUT2D eigenvalue weighted by Crippen LogP contribution is 2.32. The molecule has 0 N–H and O–H groups in total. The van der Waals surface area contributed by atoms with Gasteiger partial charge < -0.3 is 0 Å². The van der Waals surface area contributed by atoms with Crippen LogP contribution in [0.4, 0.5) is 0 Å². The van der Waals surface area contributed by atoms with E-state index < -0.39 is 19.9 Å². The normalized spacial score (nSPS) is 15.5. The van der Waals surface area contributed by atoms with E-state index in [1.807, 2.05) is 23.6 Å².